The second-order valence-electron chi connectivity index (χ2n) is 3.91. The molecule has 1 saturated carbocycles. The van der Waals surface area contributed by atoms with Gasteiger partial charge in [0, 0.05) is 5.25 Å². The number of aromatic nitrogens is 2. The van der Waals surface area contributed by atoms with E-state index in [1.165, 1.54) is 37.0 Å². The standard InChI is InChI=1S/C9H15N3S2/c1-6-2-4-7(5-3-6)13-9-12-11-8(10)14-9/h6-7H,2-5H2,1H3,(H2,10,11). The van der Waals surface area contributed by atoms with Gasteiger partial charge in [-0.2, -0.15) is 0 Å². The van der Waals surface area contributed by atoms with Crippen molar-refractivity contribution in [3.8, 4) is 0 Å². The van der Waals surface area contributed by atoms with Gasteiger partial charge in [-0.05, 0) is 31.6 Å². The molecule has 14 heavy (non-hydrogen) atoms. The maximum atomic E-state index is 5.54. The summed E-state index contributed by atoms with van der Waals surface area (Å²) in [7, 11) is 0. The highest BCUT2D eigenvalue weighted by Gasteiger charge is 2.20. The van der Waals surface area contributed by atoms with Gasteiger partial charge >= 0.3 is 0 Å². The molecule has 5 heteroatoms. The number of nitrogens with zero attached hydrogens (tertiary/aromatic N) is 2. The SMILES string of the molecule is CC1CCC(Sc2nnc(N)s2)CC1. The third-order valence-corrected chi connectivity index (χ3v) is 4.83. The average molecular weight is 229 g/mol. The number of nitrogen functional groups attached to an aromatic ring is 1. The Bertz CT molecular complexity index is 292. The van der Waals surface area contributed by atoms with Crippen molar-refractivity contribution < 1.29 is 0 Å². The number of thioether (sulfide) groups is 1. The molecule has 1 aliphatic rings. The maximum Gasteiger partial charge on any atom is 0.203 e. The Morgan fingerprint density at radius 1 is 1.29 bits per heavy atom. The van der Waals surface area contributed by atoms with Gasteiger partial charge in [0.05, 0.1) is 0 Å². The van der Waals surface area contributed by atoms with Crippen LogP contribution in [0.4, 0.5) is 5.13 Å². The highest BCUT2D eigenvalue weighted by Crippen LogP contribution is 2.36. The van der Waals surface area contributed by atoms with Crippen LogP contribution < -0.4 is 5.73 Å². The first-order valence-corrected chi connectivity index (χ1v) is 6.69. The number of rotatable bonds is 2. The predicted octanol–water partition coefficient (Wildman–Crippen LogP) is 2.79. The topological polar surface area (TPSA) is 51.8 Å². The summed E-state index contributed by atoms with van der Waals surface area (Å²) in [4.78, 5) is 0. The zero-order valence-electron chi connectivity index (χ0n) is 8.27. The Labute approximate surface area is 92.5 Å². The zero-order valence-corrected chi connectivity index (χ0v) is 9.90. The molecule has 0 aromatic carbocycles. The molecule has 0 radical (unpaired) electrons. The first-order chi connectivity index (χ1) is 6.74. The summed E-state index contributed by atoms with van der Waals surface area (Å²) >= 11 is 3.35. The van der Waals surface area contributed by atoms with Crippen LogP contribution in [-0.2, 0) is 0 Å². The van der Waals surface area contributed by atoms with E-state index >= 15 is 0 Å². The lowest BCUT2D eigenvalue weighted by atomic mass is 9.91. The highest BCUT2D eigenvalue weighted by atomic mass is 32.2. The second kappa shape index (κ2) is 4.49. The minimum Gasteiger partial charge on any atom is -0.374 e. The van der Waals surface area contributed by atoms with Crippen LogP contribution in [0.2, 0.25) is 0 Å². The number of hydrogen-bond acceptors (Lipinski definition) is 5. The predicted molar refractivity (Wildman–Crippen MR) is 61.6 cm³/mol. The van der Waals surface area contributed by atoms with Gasteiger partial charge in [-0.15, -0.1) is 10.2 Å². The van der Waals surface area contributed by atoms with E-state index in [-0.39, 0.29) is 0 Å². The smallest absolute Gasteiger partial charge is 0.203 e. The molecule has 78 valence electrons. The summed E-state index contributed by atoms with van der Waals surface area (Å²) in [5, 5.41) is 9.17. The molecule has 0 atom stereocenters. The summed E-state index contributed by atoms with van der Waals surface area (Å²) in [5.74, 6) is 0.909. The zero-order chi connectivity index (χ0) is 9.97. The molecular formula is C9H15N3S2. The second-order valence-corrected chi connectivity index (χ2v) is 6.46. The van der Waals surface area contributed by atoms with E-state index in [0.717, 1.165) is 15.5 Å². The lowest BCUT2D eigenvalue weighted by Gasteiger charge is -2.24. The van der Waals surface area contributed by atoms with E-state index in [0.29, 0.717) is 5.13 Å². The van der Waals surface area contributed by atoms with E-state index < -0.39 is 0 Å². The lowest BCUT2D eigenvalue weighted by molar-refractivity contribution is 0.393. The molecular weight excluding hydrogens is 214 g/mol. The van der Waals surface area contributed by atoms with Crippen molar-refractivity contribution in [3.05, 3.63) is 0 Å². The van der Waals surface area contributed by atoms with Gasteiger partial charge in [0.15, 0.2) is 4.34 Å². The molecule has 0 spiro atoms. The van der Waals surface area contributed by atoms with Gasteiger partial charge in [0.1, 0.15) is 0 Å². The molecule has 0 bridgehead atoms. The Morgan fingerprint density at radius 3 is 2.57 bits per heavy atom. The molecule has 1 aromatic rings. The molecule has 2 N–H and O–H groups in total. The molecule has 0 aliphatic heterocycles. The Morgan fingerprint density at radius 2 is 2.00 bits per heavy atom. The molecule has 3 nitrogen and oxygen atoms in total. The van der Waals surface area contributed by atoms with Crippen molar-refractivity contribution in [1.29, 1.82) is 0 Å². The maximum absolute atomic E-state index is 5.54. The van der Waals surface area contributed by atoms with Crippen LogP contribution in [0.25, 0.3) is 0 Å². The summed E-state index contributed by atoms with van der Waals surface area (Å²) in [5.41, 5.74) is 5.54. The summed E-state index contributed by atoms with van der Waals surface area (Å²) in [6.45, 7) is 2.34. The van der Waals surface area contributed by atoms with Gasteiger partial charge in [-0.25, -0.2) is 0 Å². The Hall–Kier alpha value is -0.290. The molecule has 1 heterocycles. The van der Waals surface area contributed by atoms with E-state index in [1.54, 1.807) is 0 Å². The first kappa shape index (κ1) is 10.2. The van der Waals surface area contributed by atoms with Gasteiger partial charge < -0.3 is 5.73 Å². The lowest BCUT2D eigenvalue weighted by Crippen LogP contribution is -2.13. The van der Waals surface area contributed by atoms with Gasteiger partial charge in [-0.1, -0.05) is 30.0 Å². The monoisotopic (exact) mass is 229 g/mol. The summed E-state index contributed by atoms with van der Waals surface area (Å²) in [6.07, 6.45) is 5.33. The molecule has 0 saturated heterocycles. The van der Waals surface area contributed by atoms with Gasteiger partial charge in [-0.3, -0.25) is 0 Å². The summed E-state index contributed by atoms with van der Waals surface area (Å²) in [6, 6.07) is 0. The van der Waals surface area contributed by atoms with Crippen LogP contribution >= 0.6 is 23.1 Å². The fourth-order valence-corrected chi connectivity index (χ4v) is 3.84. The number of nitrogens with two attached hydrogens (primary N) is 1. The van der Waals surface area contributed by atoms with Crippen molar-refractivity contribution in [2.45, 2.75) is 42.2 Å². The van der Waals surface area contributed by atoms with Gasteiger partial charge in [0.25, 0.3) is 0 Å². The minimum absolute atomic E-state index is 0.580. The van der Waals surface area contributed by atoms with E-state index in [1.807, 2.05) is 11.8 Å². The van der Waals surface area contributed by atoms with Crippen LogP contribution in [0.3, 0.4) is 0 Å². The van der Waals surface area contributed by atoms with Crippen LogP contribution in [0.15, 0.2) is 4.34 Å². The van der Waals surface area contributed by atoms with Crippen molar-refractivity contribution in [2.24, 2.45) is 5.92 Å². The average Bonchev–Trinajstić information content (AvgIpc) is 2.56. The Kier molecular flexibility index (Phi) is 3.28. The quantitative estimate of drug-likeness (QED) is 0.847. The minimum atomic E-state index is 0.580. The normalized spacial score (nSPS) is 27.8. The fourth-order valence-electron chi connectivity index (χ4n) is 1.76. The molecule has 1 fully saturated rings. The van der Waals surface area contributed by atoms with Crippen molar-refractivity contribution in [1.82, 2.24) is 10.2 Å². The Balaban J connectivity index is 1.86. The van der Waals surface area contributed by atoms with Crippen LogP contribution in [-0.4, -0.2) is 15.4 Å². The van der Waals surface area contributed by atoms with Crippen LogP contribution in [0.5, 0.6) is 0 Å². The number of hydrogen-bond donors (Lipinski definition) is 1. The molecule has 1 aromatic heterocycles. The third-order valence-electron chi connectivity index (χ3n) is 2.65. The third kappa shape index (κ3) is 2.60. The largest absolute Gasteiger partial charge is 0.374 e. The fraction of sp³-hybridized carbons (Fsp3) is 0.778. The van der Waals surface area contributed by atoms with E-state index in [2.05, 4.69) is 17.1 Å². The van der Waals surface area contributed by atoms with Crippen molar-refractivity contribution >= 4 is 28.2 Å². The van der Waals surface area contributed by atoms with Crippen LogP contribution in [0, 0.1) is 5.92 Å². The van der Waals surface area contributed by atoms with Crippen molar-refractivity contribution in [3.63, 3.8) is 0 Å². The molecule has 2 rings (SSSR count). The van der Waals surface area contributed by atoms with Gasteiger partial charge in [0.2, 0.25) is 5.13 Å². The van der Waals surface area contributed by atoms with E-state index in [4.69, 9.17) is 5.73 Å². The van der Waals surface area contributed by atoms with Crippen LogP contribution in [0.1, 0.15) is 32.6 Å². The van der Waals surface area contributed by atoms with Crippen molar-refractivity contribution in [2.75, 3.05) is 5.73 Å². The highest BCUT2D eigenvalue weighted by molar-refractivity contribution is 8.01. The molecule has 0 amide bonds. The summed E-state index contributed by atoms with van der Waals surface area (Å²) < 4.78 is 1.03. The van der Waals surface area contributed by atoms with E-state index in [9.17, 15) is 0 Å². The number of anilines is 1. The molecule has 0 unspecified atom stereocenters. The molecule has 1 aliphatic carbocycles. The first-order valence-electron chi connectivity index (χ1n) is 4.99.